The molecule has 0 aliphatic rings. The molecule has 0 saturated heterocycles. The Kier molecular flexibility index (Phi) is 6.72. The number of carbonyl (C=O) groups is 2. The van der Waals surface area contributed by atoms with Crippen LogP contribution in [-0.2, 0) is 14.3 Å². The quantitative estimate of drug-likeness (QED) is 0.642. The molecule has 0 heterocycles. The molecule has 1 amide bonds. The molecular weight excluding hydrogens is 208 g/mol. The molecule has 0 rings (SSSR count). The van der Waals surface area contributed by atoms with Crippen LogP contribution in [0, 0.1) is 5.92 Å². The monoisotopic (exact) mass is 230 g/mol. The summed E-state index contributed by atoms with van der Waals surface area (Å²) in [5.41, 5.74) is 5.14. The summed E-state index contributed by atoms with van der Waals surface area (Å²) >= 11 is 0. The third-order valence-electron chi connectivity index (χ3n) is 2.29. The topological polar surface area (TPSA) is 72.6 Å². The number of rotatable bonds is 7. The first-order chi connectivity index (χ1) is 7.38. The number of nitrogens with zero attached hydrogens (tertiary/aromatic N) is 1. The molecule has 0 aromatic carbocycles. The van der Waals surface area contributed by atoms with Crippen molar-refractivity contribution in [2.45, 2.75) is 33.7 Å². The van der Waals surface area contributed by atoms with E-state index >= 15 is 0 Å². The summed E-state index contributed by atoms with van der Waals surface area (Å²) < 4.78 is 4.91. The Balaban J connectivity index is 4.27. The molecule has 94 valence electrons. The molecule has 0 radical (unpaired) electrons. The van der Waals surface area contributed by atoms with Crippen molar-refractivity contribution < 1.29 is 14.3 Å². The largest absolute Gasteiger partial charge is 0.466 e. The van der Waals surface area contributed by atoms with E-state index in [1.807, 2.05) is 18.7 Å². The lowest BCUT2D eigenvalue weighted by Crippen LogP contribution is -2.42. The van der Waals surface area contributed by atoms with Gasteiger partial charge in [-0.25, -0.2) is 0 Å². The predicted molar refractivity (Wildman–Crippen MR) is 61.7 cm³/mol. The summed E-state index contributed by atoms with van der Waals surface area (Å²) in [4.78, 5) is 24.1. The van der Waals surface area contributed by atoms with E-state index in [1.165, 1.54) is 0 Å². The minimum atomic E-state index is -0.384. The molecule has 0 spiro atoms. The SMILES string of the molecule is CCOC(=O)C(C)CN(CC(N)=O)C(C)C. The van der Waals surface area contributed by atoms with E-state index in [0.29, 0.717) is 13.2 Å². The van der Waals surface area contributed by atoms with Crippen LogP contribution in [-0.4, -0.2) is 42.5 Å². The standard InChI is InChI=1S/C11H22N2O3/c1-5-16-11(15)9(4)6-13(8(2)3)7-10(12)14/h8-9H,5-7H2,1-4H3,(H2,12,14). The van der Waals surface area contributed by atoms with E-state index in [9.17, 15) is 9.59 Å². The van der Waals surface area contributed by atoms with Crippen molar-refractivity contribution in [2.75, 3.05) is 19.7 Å². The summed E-state index contributed by atoms with van der Waals surface area (Å²) in [6, 6.07) is 0.171. The Labute approximate surface area is 96.9 Å². The first-order valence-electron chi connectivity index (χ1n) is 5.57. The van der Waals surface area contributed by atoms with Crippen LogP contribution >= 0.6 is 0 Å². The van der Waals surface area contributed by atoms with Crippen LogP contribution in [0.4, 0.5) is 0 Å². The summed E-state index contributed by atoms with van der Waals surface area (Å²) in [5.74, 6) is -0.871. The minimum absolute atomic E-state index is 0.168. The van der Waals surface area contributed by atoms with Gasteiger partial charge >= 0.3 is 5.97 Å². The normalized spacial score (nSPS) is 12.9. The first kappa shape index (κ1) is 14.9. The van der Waals surface area contributed by atoms with Crippen molar-refractivity contribution in [1.82, 2.24) is 4.90 Å². The van der Waals surface area contributed by atoms with Crippen molar-refractivity contribution in [3.63, 3.8) is 0 Å². The highest BCUT2D eigenvalue weighted by atomic mass is 16.5. The van der Waals surface area contributed by atoms with Crippen LogP contribution in [0.25, 0.3) is 0 Å². The van der Waals surface area contributed by atoms with Gasteiger partial charge in [-0.1, -0.05) is 6.92 Å². The molecule has 1 unspecified atom stereocenters. The summed E-state index contributed by atoms with van der Waals surface area (Å²) in [6.45, 7) is 8.51. The number of hydrogen-bond acceptors (Lipinski definition) is 4. The Bertz CT molecular complexity index is 241. The number of nitrogens with two attached hydrogens (primary N) is 1. The average molecular weight is 230 g/mol. The summed E-state index contributed by atoms with van der Waals surface area (Å²) in [6.07, 6.45) is 0. The zero-order chi connectivity index (χ0) is 12.7. The number of ether oxygens (including phenoxy) is 1. The second-order valence-electron chi connectivity index (χ2n) is 4.14. The first-order valence-corrected chi connectivity index (χ1v) is 5.57. The highest BCUT2D eigenvalue weighted by Gasteiger charge is 2.20. The number of primary amides is 1. The zero-order valence-corrected chi connectivity index (χ0v) is 10.5. The van der Waals surface area contributed by atoms with Crippen LogP contribution in [0.5, 0.6) is 0 Å². The average Bonchev–Trinajstić information content (AvgIpc) is 2.16. The van der Waals surface area contributed by atoms with Gasteiger partial charge in [-0.3, -0.25) is 14.5 Å². The van der Waals surface area contributed by atoms with Crippen LogP contribution in [0.2, 0.25) is 0 Å². The van der Waals surface area contributed by atoms with Gasteiger partial charge in [0.1, 0.15) is 0 Å². The molecule has 0 aromatic heterocycles. The summed E-state index contributed by atoms with van der Waals surface area (Å²) in [5, 5.41) is 0. The number of amides is 1. The van der Waals surface area contributed by atoms with Crippen molar-refractivity contribution in [3.8, 4) is 0 Å². The number of carbonyl (C=O) groups excluding carboxylic acids is 2. The van der Waals surface area contributed by atoms with Gasteiger partial charge < -0.3 is 10.5 Å². The Morgan fingerprint density at radius 3 is 2.25 bits per heavy atom. The highest BCUT2D eigenvalue weighted by molar-refractivity contribution is 5.76. The summed E-state index contributed by atoms with van der Waals surface area (Å²) in [7, 11) is 0. The maximum Gasteiger partial charge on any atom is 0.309 e. The van der Waals surface area contributed by atoms with Gasteiger partial charge in [-0.2, -0.15) is 0 Å². The van der Waals surface area contributed by atoms with E-state index in [0.717, 1.165) is 0 Å². The van der Waals surface area contributed by atoms with Gasteiger partial charge in [-0.05, 0) is 20.8 Å². The molecule has 1 atom stereocenters. The maximum absolute atomic E-state index is 11.4. The van der Waals surface area contributed by atoms with Crippen molar-refractivity contribution in [3.05, 3.63) is 0 Å². The van der Waals surface area contributed by atoms with Gasteiger partial charge in [0.25, 0.3) is 0 Å². The lowest BCUT2D eigenvalue weighted by Gasteiger charge is -2.27. The van der Waals surface area contributed by atoms with E-state index in [2.05, 4.69) is 0 Å². The van der Waals surface area contributed by atoms with Crippen molar-refractivity contribution >= 4 is 11.9 Å². The van der Waals surface area contributed by atoms with Crippen LogP contribution in [0.15, 0.2) is 0 Å². The Hall–Kier alpha value is -1.10. The van der Waals surface area contributed by atoms with Gasteiger partial charge in [0.05, 0.1) is 19.1 Å². The molecular formula is C11H22N2O3. The van der Waals surface area contributed by atoms with Gasteiger partial charge in [0, 0.05) is 12.6 Å². The predicted octanol–water partition coefficient (Wildman–Crippen LogP) is 0.381. The molecule has 0 aliphatic heterocycles. The molecule has 0 aliphatic carbocycles. The lowest BCUT2D eigenvalue weighted by atomic mass is 10.1. The molecule has 16 heavy (non-hydrogen) atoms. The smallest absolute Gasteiger partial charge is 0.309 e. The fraction of sp³-hybridized carbons (Fsp3) is 0.818. The maximum atomic E-state index is 11.4. The Morgan fingerprint density at radius 1 is 1.31 bits per heavy atom. The molecule has 0 aromatic rings. The second kappa shape index (κ2) is 7.22. The molecule has 5 nitrogen and oxygen atoms in total. The second-order valence-corrected chi connectivity index (χ2v) is 4.14. The van der Waals surface area contributed by atoms with Crippen LogP contribution < -0.4 is 5.73 Å². The molecule has 2 N–H and O–H groups in total. The molecule has 0 bridgehead atoms. The fourth-order valence-corrected chi connectivity index (χ4v) is 1.37. The molecule has 5 heteroatoms. The van der Waals surface area contributed by atoms with E-state index < -0.39 is 0 Å². The molecule has 0 saturated carbocycles. The van der Waals surface area contributed by atoms with Crippen molar-refractivity contribution in [1.29, 1.82) is 0 Å². The number of esters is 1. The van der Waals surface area contributed by atoms with Gasteiger partial charge in [-0.15, -0.1) is 0 Å². The highest BCUT2D eigenvalue weighted by Crippen LogP contribution is 2.06. The third-order valence-corrected chi connectivity index (χ3v) is 2.29. The Morgan fingerprint density at radius 2 is 1.88 bits per heavy atom. The lowest BCUT2D eigenvalue weighted by molar-refractivity contribution is -0.148. The number of hydrogen-bond donors (Lipinski definition) is 1. The minimum Gasteiger partial charge on any atom is -0.466 e. The molecule has 0 fully saturated rings. The van der Waals surface area contributed by atoms with E-state index in [4.69, 9.17) is 10.5 Å². The van der Waals surface area contributed by atoms with Crippen LogP contribution in [0.1, 0.15) is 27.7 Å². The van der Waals surface area contributed by atoms with Crippen molar-refractivity contribution in [2.24, 2.45) is 11.7 Å². The third kappa shape index (κ3) is 5.70. The van der Waals surface area contributed by atoms with Crippen LogP contribution in [0.3, 0.4) is 0 Å². The zero-order valence-electron chi connectivity index (χ0n) is 10.5. The van der Waals surface area contributed by atoms with E-state index in [-0.39, 0.29) is 30.4 Å². The van der Waals surface area contributed by atoms with E-state index in [1.54, 1.807) is 13.8 Å². The fourth-order valence-electron chi connectivity index (χ4n) is 1.37. The van der Waals surface area contributed by atoms with Gasteiger partial charge in [0.15, 0.2) is 0 Å². The van der Waals surface area contributed by atoms with Gasteiger partial charge in [0.2, 0.25) is 5.91 Å².